The molecule has 0 aliphatic heterocycles. The first-order valence-corrected chi connectivity index (χ1v) is 8.18. The first-order valence-electron chi connectivity index (χ1n) is 7.36. The lowest BCUT2D eigenvalue weighted by molar-refractivity contribution is 1.16. The van der Waals surface area contributed by atoms with Crippen LogP contribution >= 0.6 is 11.3 Å². The molecule has 0 fully saturated rings. The maximum absolute atomic E-state index is 4.74. The summed E-state index contributed by atoms with van der Waals surface area (Å²) in [6.07, 6.45) is 5.28. The number of imidazole rings is 1. The number of hydrogen-bond donors (Lipinski definition) is 0. The second-order valence-corrected chi connectivity index (χ2v) is 6.64. The van der Waals surface area contributed by atoms with E-state index in [4.69, 9.17) is 4.98 Å². The molecule has 0 spiro atoms. The van der Waals surface area contributed by atoms with E-state index in [1.807, 2.05) is 18.2 Å². The molecule has 2 nitrogen and oxygen atoms in total. The van der Waals surface area contributed by atoms with E-state index in [9.17, 15) is 0 Å². The lowest BCUT2D eigenvalue weighted by atomic mass is 10.1. The Balaban J connectivity index is 1.64. The third-order valence-electron chi connectivity index (χ3n) is 3.73. The minimum absolute atomic E-state index is 0.969. The van der Waals surface area contributed by atoms with Crippen molar-refractivity contribution in [2.75, 3.05) is 0 Å². The molecule has 0 bridgehead atoms. The fourth-order valence-corrected chi connectivity index (χ4v) is 3.69. The van der Waals surface area contributed by atoms with Crippen LogP contribution in [0.1, 0.15) is 16.0 Å². The van der Waals surface area contributed by atoms with E-state index >= 15 is 0 Å². The number of aryl methyl sites for hydroxylation is 1. The van der Waals surface area contributed by atoms with Gasteiger partial charge in [0.05, 0.1) is 5.69 Å². The first kappa shape index (κ1) is 13.3. The molecule has 0 N–H and O–H groups in total. The summed E-state index contributed by atoms with van der Waals surface area (Å²) in [6.45, 7) is 2.14. The molecule has 4 rings (SSSR count). The lowest BCUT2D eigenvalue weighted by Gasteiger charge is -1.99. The van der Waals surface area contributed by atoms with Gasteiger partial charge in [-0.15, -0.1) is 11.3 Å². The average Bonchev–Trinajstić information content (AvgIpc) is 3.06. The molecule has 2 aromatic heterocycles. The van der Waals surface area contributed by atoms with Crippen molar-refractivity contribution in [1.82, 2.24) is 9.38 Å². The number of nitrogens with zero attached hydrogens (tertiary/aromatic N) is 2. The van der Waals surface area contributed by atoms with Gasteiger partial charge in [-0.3, -0.25) is 4.40 Å². The Kier molecular flexibility index (Phi) is 3.28. The van der Waals surface area contributed by atoms with Crippen molar-refractivity contribution in [3.05, 3.63) is 83.0 Å². The number of hydrogen-bond acceptors (Lipinski definition) is 2. The summed E-state index contributed by atoms with van der Waals surface area (Å²) in [4.78, 5) is 7.14. The van der Waals surface area contributed by atoms with Crippen LogP contribution in [-0.4, -0.2) is 9.38 Å². The molecular weight excluding hydrogens is 288 g/mol. The SMILES string of the molecule is Cc1cccc(Cc2cn3cc(-c4ccccc4)nc3s2)c1. The molecule has 0 atom stereocenters. The third-order valence-corrected chi connectivity index (χ3v) is 4.73. The molecule has 0 saturated carbocycles. The molecule has 2 heterocycles. The van der Waals surface area contributed by atoms with Crippen molar-refractivity contribution in [2.45, 2.75) is 13.3 Å². The maximum atomic E-state index is 4.74. The molecule has 108 valence electrons. The minimum Gasteiger partial charge on any atom is -0.297 e. The standard InChI is InChI=1S/C19H16N2S/c1-14-6-5-7-15(10-14)11-17-12-21-13-18(20-19(21)22-17)16-8-3-2-4-9-16/h2-10,12-13H,11H2,1H3. The molecule has 0 aliphatic carbocycles. The Labute approximate surface area is 133 Å². The summed E-state index contributed by atoms with van der Waals surface area (Å²) in [6, 6.07) is 19.0. The maximum Gasteiger partial charge on any atom is 0.194 e. The van der Waals surface area contributed by atoms with Crippen molar-refractivity contribution in [2.24, 2.45) is 0 Å². The van der Waals surface area contributed by atoms with Gasteiger partial charge in [-0.2, -0.15) is 0 Å². The molecule has 22 heavy (non-hydrogen) atoms. The highest BCUT2D eigenvalue weighted by Gasteiger charge is 2.08. The minimum atomic E-state index is 0.969. The molecule has 0 amide bonds. The van der Waals surface area contributed by atoms with E-state index in [0.717, 1.165) is 17.1 Å². The number of fused-ring (bicyclic) bond motifs is 1. The quantitative estimate of drug-likeness (QED) is 0.523. The van der Waals surface area contributed by atoms with Crippen LogP contribution in [0.3, 0.4) is 0 Å². The summed E-state index contributed by atoms with van der Waals surface area (Å²) in [5.74, 6) is 0. The Morgan fingerprint density at radius 1 is 1.00 bits per heavy atom. The predicted molar refractivity (Wildman–Crippen MR) is 92.5 cm³/mol. The van der Waals surface area contributed by atoms with E-state index in [1.54, 1.807) is 11.3 Å². The van der Waals surface area contributed by atoms with Crippen LogP contribution in [0.4, 0.5) is 0 Å². The Morgan fingerprint density at radius 3 is 2.64 bits per heavy atom. The fourth-order valence-electron chi connectivity index (χ4n) is 2.70. The van der Waals surface area contributed by atoms with Gasteiger partial charge in [0, 0.05) is 29.3 Å². The zero-order chi connectivity index (χ0) is 14.9. The van der Waals surface area contributed by atoms with Gasteiger partial charge in [0.25, 0.3) is 0 Å². The molecule has 0 radical (unpaired) electrons. The normalized spacial score (nSPS) is 11.1. The van der Waals surface area contributed by atoms with Crippen LogP contribution in [0.25, 0.3) is 16.2 Å². The molecule has 4 aromatic rings. The monoisotopic (exact) mass is 304 g/mol. The van der Waals surface area contributed by atoms with Gasteiger partial charge in [-0.25, -0.2) is 4.98 Å². The predicted octanol–water partition coefficient (Wildman–Crippen LogP) is 4.96. The first-order chi connectivity index (χ1) is 10.8. The van der Waals surface area contributed by atoms with Gasteiger partial charge in [-0.05, 0) is 12.5 Å². The highest BCUT2D eigenvalue weighted by atomic mass is 32.1. The smallest absolute Gasteiger partial charge is 0.194 e. The van der Waals surface area contributed by atoms with E-state index < -0.39 is 0 Å². The third kappa shape index (κ3) is 2.55. The van der Waals surface area contributed by atoms with Gasteiger partial charge in [0.15, 0.2) is 4.96 Å². The van der Waals surface area contributed by atoms with Crippen molar-refractivity contribution < 1.29 is 0 Å². The molecule has 0 aliphatic rings. The lowest BCUT2D eigenvalue weighted by Crippen LogP contribution is -1.85. The Hall–Kier alpha value is -2.39. The molecule has 0 saturated heterocycles. The van der Waals surface area contributed by atoms with Crippen LogP contribution in [0, 0.1) is 6.92 Å². The van der Waals surface area contributed by atoms with E-state index in [0.29, 0.717) is 0 Å². The van der Waals surface area contributed by atoms with Gasteiger partial charge < -0.3 is 0 Å². The second-order valence-electron chi connectivity index (χ2n) is 5.55. The summed E-state index contributed by atoms with van der Waals surface area (Å²) in [5.41, 5.74) is 4.87. The molecular formula is C19H16N2S. The summed E-state index contributed by atoms with van der Waals surface area (Å²) in [5, 5.41) is 0. The Morgan fingerprint density at radius 2 is 1.86 bits per heavy atom. The molecule has 0 unspecified atom stereocenters. The number of benzene rings is 2. The van der Waals surface area contributed by atoms with Gasteiger partial charge >= 0.3 is 0 Å². The average molecular weight is 304 g/mol. The molecule has 3 heteroatoms. The van der Waals surface area contributed by atoms with Crippen molar-refractivity contribution in [3.8, 4) is 11.3 Å². The number of aromatic nitrogens is 2. The molecule has 2 aromatic carbocycles. The van der Waals surface area contributed by atoms with Crippen LogP contribution < -0.4 is 0 Å². The summed E-state index contributed by atoms with van der Waals surface area (Å²) < 4.78 is 2.14. The Bertz CT molecular complexity index is 887. The number of rotatable bonds is 3. The van der Waals surface area contributed by atoms with Crippen LogP contribution in [0.2, 0.25) is 0 Å². The zero-order valence-corrected chi connectivity index (χ0v) is 13.2. The number of thiazole rings is 1. The highest BCUT2D eigenvalue weighted by Crippen LogP contribution is 2.25. The topological polar surface area (TPSA) is 17.3 Å². The van der Waals surface area contributed by atoms with E-state index in [1.165, 1.54) is 21.6 Å². The summed E-state index contributed by atoms with van der Waals surface area (Å²) in [7, 11) is 0. The van der Waals surface area contributed by atoms with Gasteiger partial charge in [-0.1, -0.05) is 60.2 Å². The van der Waals surface area contributed by atoms with Crippen molar-refractivity contribution >= 4 is 16.3 Å². The summed E-state index contributed by atoms with van der Waals surface area (Å²) >= 11 is 1.77. The van der Waals surface area contributed by atoms with Crippen molar-refractivity contribution in [3.63, 3.8) is 0 Å². The second kappa shape index (κ2) is 5.43. The van der Waals surface area contributed by atoms with Gasteiger partial charge in [0.1, 0.15) is 0 Å². The van der Waals surface area contributed by atoms with E-state index in [2.05, 4.69) is 60.1 Å². The van der Waals surface area contributed by atoms with E-state index in [-0.39, 0.29) is 0 Å². The van der Waals surface area contributed by atoms with Crippen LogP contribution in [-0.2, 0) is 6.42 Å². The van der Waals surface area contributed by atoms with Gasteiger partial charge in [0.2, 0.25) is 0 Å². The zero-order valence-electron chi connectivity index (χ0n) is 12.4. The highest BCUT2D eigenvalue weighted by molar-refractivity contribution is 7.17. The van der Waals surface area contributed by atoms with Crippen molar-refractivity contribution in [1.29, 1.82) is 0 Å². The van der Waals surface area contributed by atoms with Crippen LogP contribution in [0.15, 0.2) is 67.0 Å². The van der Waals surface area contributed by atoms with Crippen LogP contribution in [0.5, 0.6) is 0 Å². The largest absolute Gasteiger partial charge is 0.297 e. The fraction of sp³-hybridized carbons (Fsp3) is 0.105.